The van der Waals surface area contributed by atoms with Crippen LogP contribution >= 0.6 is 0 Å². The van der Waals surface area contributed by atoms with Gasteiger partial charge in [-0.15, -0.1) is 0 Å². The van der Waals surface area contributed by atoms with Crippen LogP contribution < -0.4 is 10.9 Å². The van der Waals surface area contributed by atoms with Gasteiger partial charge in [-0.1, -0.05) is 0 Å². The molecule has 1 amide bonds. The highest BCUT2D eigenvalue weighted by Gasteiger charge is 2.43. The van der Waals surface area contributed by atoms with E-state index >= 15 is 0 Å². The van der Waals surface area contributed by atoms with Gasteiger partial charge in [0.25, 0.3) is 5.91 Å². The predicted molar refractivity (Wildman–Crippen MR) is 68.6 cm³/mol. The van der Waals surface area contributed by atoms with Crippen molar-refractivity contribution in [3.63, 3.8) is 0 Å². The van der Waals surface area contributed by atoms with Gasteiger partial charge >= 0.3 is 0 Å². The first-order valence-electron chi connectivity index (χ1n) is 6.31. The Labute approximate surface area is 120 Å². The largest absolute Gasteiger partial charge is 0.394 e. The maximum atomic E-state index is 11.8. The molecule has 0 bridgehead atoms. The van der Waals surface area contributed by atoms with Crippen molar-refractivity contribution in [2.24, 2.45) is 0 Å². The zero-order chi connectivity index (χ0) is 15.4. The molecule has 0 radical (unpaired) electrons. The number of hydrazine groups is 1. The molecule has 9 nitrogen and oxygen atoms in total. The molecule has 116 valence electrons. The summed E-state index contributed by atoms with van der Waals surface area (Å²) in [5.74, 6) is -0.491. The van der Waals surface area contributed by atoms with Crippen LogP contribution in [0.15, 0.2) is 24.5 Å². The van der Waals surface area contributed by atoms with Crippen molar-refractivity contribution in [2.75, 3.05) is 6.61 Å². The topological polar surface area (TPSA) is 144 Å². The number of hydrogen-bond acceptors (Lipinski definition) is 8. The minimum absolute atomic E-state index is 0.335. The van der Waals surface area contributed by atoms with Crippen LogP contribution in [0.5, 0.6) is 0 Å². The molecule has 0 spiro atoms. The molecule has 21 heavy (non-hydrogen) atoms. The van der Waals surface area contributed by atoms with Crippen LogP contribution in [-0.2, 0) is 4.74 Å². The van der Waals surface area contributed by atoms with Crippen molar-refractivity contribution in [1.82, 2.24) is 15.8 Å². The molecule has 1 unspecified atom stereocenters. The second-order valence-corrected chi connectivity index (χ2v) is 4.58. The van der Waals surface area contributed by atoms with Gasteiger partial charge in [0.1, 0.15) is 24.4 Å². The number of aromatic nitrogens is 1. The Kier molecular flexibility index (Phi) is 5.17. The van der Waals surface area contributed by atoms with Crippen LogP contribution in [-0.4, -0.2) is 68.6 Å². The molecular formula is C12H17N3O6. The van der Waals surface area contributed by atoms with E-state index in [-0.39, 0.29) is 0 Å². The lowest BCUT2D eigenvalue weighted by molar-refractivity contribution is -0.238. The fourth-order valence-electron chi connectivity index (χ4n) is 1.93. The van der Waals surface area contributed by atoms with E-state index in [1.807, 2.05) is 0 Å². The van der Waals surface area contributed by atoms with Gasteiger partial charge in [-0.2, -0.15) is 0 Å². The van der Waals surface area contributed by atoms with Crippen molar-refractivity contribution in [2.45, 2.75) is 30.6 Å². The van der Waals surface area contributed by atoms with Crippen LogP contribution in [0.1, 0.15) is 10.4 Å². The number of nitrogens with one attached hydrogen (secondary N) is 2. The first-order chi connectivity index (χ1) is 10.0. The summed E-state index contributed by atoms with van der Waals surface area (Å²) in [6.45, 7) is -0.540. The molecule has 1 aromatic rings. The first-order valence-corrected chi connectivity index (χ1v) is 6.31. The Morgan fingerprint density at radius 1 is 1.19 bits per heavy atom. The van der Waals surface area contributed by atoms with Crippen LogP contribution in [0.3, 0.4) is 0 Å². The highest BCUT2D eigenvalue weighted by atomic mass is 16.6. The van der Waals surface area contributed by atoms with Crippen LogP contribution in [0.4, 0.5) is 0 Å². The summed E-state index contributed by atoms with van der Waals surface area (Å²) in [5.41, 5.74) is 5.05. The fourth-order valence-corrected chi connectivity index (χ4v) is 1.93. The molecule has 0 saturated carbocycles. The van der Waals surface area contributed by atoms with Crippen molar-refractivity contribution in [3.05, 3.63) is 30.1 Å². The summed E-state index contributed by atoms with van der Waals surface area (Å²) >= 11 is 0. The highest BCUT2D eigenvalue weighted by molar-refractivity contribution is 5.93. The molecule has 0 aliphatic carbocycles. The van der Waals surface area contributed by atoms with E-state index in [0.29, 0.717) is 5.56 Å². The van der Waals surface area contributed by atoms with Gasteiger partial charge in [0.05, 0.1) is 6.61 Å². The summed E-state index contributed by atoms with van der Waals surface area (Å²) in [6, 6.07) is 2.98. The molecule has 1 aliphatic rings. The maximum absolute atomic E-state index is 11.8. The third-order valence-electron chi connectivity index (χ3n) is 3.16. The fraction of sp³-hybridized carbons (Fsp3) is 0.500. The van der Waals surface area contributed by atoms with Gasteiger partial charge in [-0.3, -0.25) is 15.2 Å². The van der Waals surface area contributed by atoms with E-state index in [0.717, 1.165) is 0 Å². The lowest BCUT2D eigenvalue weighted by Gasteiger charge is -2.40. The van der Waals surface area contributed by atoms with Crippen LogP contribution in [0, 0.1) is 0 Å². The average Bonchev–Trinajstić information content (AvgIpc) is 2.52. The summed E-state index contributed by atoms with van der Waals surface area (Å²) in [6.07, 6.45) is -3.75. The molecule has 1 saturated heterocycles. The molecule has 5 atom stereocenters. The van der Waals surface area contributed by atoms with E-state index in [1.54, 1.807) is 0 Å². The van der Waals surface area contributed by atoms with Gasteiger partial charge in [0.2, 0.25) is 0 Å². The molecule has 2 rings (SSSR count). The number of carbonyl (C=O) groups is 1. The SMILES string of the molecule is O=C(NNC1O[C@@H](CO)[C@@H](O)[C@H](O)[C@H]1O)c1ccncc1. The summed E-state index contributed by atoms with van der Waals surface area (Å²) in [4.78, 5) is 15.6. The van der Waals surface area contributed by atoms with E-state index in [2.05, 4.69) is 15.8 Å². The Morgan fingerprint density at radius 2 is 1.86 bits per heavy atom. The van der Waals surface area contributed by atoms with Gasteiger partial charge < -0.3 is 25.2 Å². The minimum Gasteiger partial charge on any atom is -0.394 e. The van der Waals surface area contributed by atoms with Gasteiger partial charge in [0.15, 0.2) is 6.23 Å². The molecule has 1 fully saturated rings. The lowest BCUT2D eigenvalue weighted by atomic mass is 9.99. The molecule has 6 N–H and O–H groups in total. The van der Waals surface area contributed by atoms with Gasteiger partial charge in [-0.25, -0.2) is 5.43 Å². The summed E-state index contributed by atoms with van der Waals surface area (Å²) < 4.78 is 5.17. The molecule has 2 heterocycles. The predicted octanol–water partition coefficient (Wildman–Crippen LogP) is -2.88. The standard InChI is InChI=1S/C12H17N3O6/c16-5-7-8(17)9(18)10(19)12(21-7)15-14-11(20)6-1-3-13-4-2-6/h1-4,7-10,12,15-19H,5H2,(H,14,20)/t7-,8+,9-,10+,12?/m0/s1. The Morgan fingerprint density at radius 3 is 2.48 bits per heavy atom. The Bertz CT molecular complexity index is 471. The Balaban J connectivity index is 1.94. The zero-order valence-electron chi connectivity index (χ0n) is 11.0. The first kappa shape index (κ1) is 15.8. The minimum atomic E-state index is -1.51. The number of rotatable bonds is 4. The molecule has 0 aromatic carbocycles. The normalized spacial score (nSPS) is 32.7. The lowest BCUT2D eigenvalue weighted by Crippen LogP contribution is -2.64. The van der Waals surface area contributed by atoms with Crippen LogP contribution in [0.25, 0.3) is 0 Å². The summed E-state index contributed by atoms with van der Waals surface area (Å²) in [7, 11) is 0. The van der Waals surface area contributed by atoms with Crippen LogP contribution in [0.2, 0.25) is 0 Å². The third-order valence-corrected chi connectivity index (χ3v) is 3.16. The van der Waals surface area contributed by atoms with Crippen molar-refractivity contribution >= 4 is 5.91 Å². The number of hydrogen-bond donors (Lipinski definition) is 6. The smallest absolute Gasteiger partial charge is 0.265 e. The number of ether oxygens (including phenoxy) is 1. The second-order valence-electron chi connectivity index (χ2n) is 4.58. The van der Waals surface area contributed by atoms with E-state index in [9.17, 15) is 20.1 Å². The average molecular weight is 299 g/mol. The van der Waals surface area contributed by atoms with Crippen molar-refractivity contribution in [3.8, 4) is 0 Å². The van der Waals surface area contributed by atoms with Gasteiger partial charge in [0, 0.05) is 18.0 Å². The quantitative estimate of drug-likeness (QED) is 0.325. The number of aliphatic hydroxyl groups is 4. The maximum Gasteiger partial charge on any atom is 0.265 e. The second kappa shape index (κ2) is 6.89. The number of nitrogens with zero attached hydrogens (tertiary/aromatic N) is 1. The monoisotopic (exact) mass is 299 g/mol. The number of carbonyl (C=O) groups excluding carboxylic acids is 1. The highest BCUT2D eigenvalue weighted by Crippen LogP contribution is 2.19. The number of amides is 1. The summed E-state index contributed by atoms with van der Waals surface area (Å²) in [5, 5.41) is 38.0. The number of pyridine rings is 1. The molecular weight excluding hydrogens is 282 g/mol. The van der Waals surface area contributed by atoms with E-state index in [4.69, 9.17) is 9.84 Å². The van der Waals surface area contributed by atoms with E-state index in [1.165, 1.54) is 24.5 Å². The molecule has 9 heteroatoms. The van der Waals surface area contributed by atoms with E-state index < -0.39 is 43.2 Å². The van der Waals surface area contributed by atoms with Gasteiger partial charge in [-0.05, 0) is 12.1 Å². The third kappa shape index (κ3) is 3.53. The number of aliphatic hydroxyl groups excluding tert-OH is 4. The molecule has 1 aliphatic heterocycles. The van der Waals surface area contributed by atoms with Crippen molar-refractivity contribution < 1.29 is 30.0 Å². The zero-order valence-corrected chi connectivity index (χ0v) is 11.0. The molecule has 1 aromatic heterocycles. The Hall–Kier alpha value is -1.62. The van der Waals surface area contributed by atoms with Crippen molar-refractivity contribution in [1.29, 1.82) is 0 Å².